The number of hydrogen-bond acceptors (Lipinski definition) is 28. The molecule has 0 spiro atoms. The molecule has 4 amide bonds. The number of rotatable bonds is 28. The second kappa shape index (κ2) is 57.8. The first-order chi connectivity index (χ1) is 57.3. The largest absolute Gasteiger partial charge is 0.504 e. The molecule has 2 heterocycles. The van der Waals surface area contributed by atoms with E-state index < -0.39 is 117 Å². The number of aromatic hydroxyl groups is 1. The van der Waals surface area contributed by atoms with Gasteiger partial charge in [0.25, 0.3) is 17.8 Å². The molecule has 0 radical (unpaired) electrons. The highest BCUT2D eigenvalue weighted by molar-refractivity contribution is 7.91. The monoisotopic (exact) mass is 1780 g/mol. The Kier molecular flexibility index (Phi) is 46.1. The summed E-state index contributed by atoms with van der Waals surface area (Å²) < 4.78 is 205. The van der Waals surface area contributed by atoms with Gasteiger partial charge in [0, 0.05) is 62.7 Å². The van der Waals surface area contributed by atoms with Crippen molar-refractivity contribution in [3.8, 4) is 57.5 Å². The number of anilines is 2. The third kappa shape index (κ3) is 38.6. The number of fused-ring (bicyclic) bond motifs is 2. The van der Waals surface area contributed by atoms with Crippen molar-refractivity contribution in [1.29, 1.82) is 0 Å². The first-order valence-electron chi connectivity index (χ1n) is 39.2. The fourth-order valence-corrected chi connectivity index (χ4v) is 12.5. The number of benzene rings is 7. The number of esters is 2. The number of phenols is 1. The summed E-state index contributed by atoms with van der Waals surface area (Å²) in [4.78, 5) is 102. The molecule has 1 unspecified atom stereocenters. The molecule has 2 aliphatic rings. The summed E-state index contributed by atoms with van der Waals surface area (Å²) in [5.41, 5.74) is 14.6. The van der Waals surface area contributed by atoms with Crippen molar-refractivity contribution in [1.82, 2.24) is 4.90 Å². The number of imide groups is 1. The number of nitrogens with one attached hydrogen (secondary N) is 2. The number of methoxy groups -OCH3 is 4. The van der Waals surface area contributed by atoms with Gasteiger partial charge in [-0.1, -0.05) is 82.3 Å². The van der Waals surface area contributed by atoms with Gasteiger partial charge in [0.05, 0.1) is 135 Å². The summed E-state index contributed by atoms with van der Waals surface area (Å²) >= 11 is 0. The molecule has 0 aliphatic carbocycles. The van der Waals surface area contributed by atoms with Crippen molar-refractivity contribution in [3.05, 3.63) is 177 Å². The van der Waals surface area contributed by atoms with Crippen LogP contribution in [0.2, 0.25) is 0 Å². The van der Waals surface area contributed by atoms with E-state index in [9.17, 15) is 68.7 Å². The second-order valence-corrected chi connectivity index (χ2v) is 29.9. The molecule has 8 N–H and O–H groups in total. The number of aldehydes is 2. The van der Waals surface area contributed by atoms with Gasteiger partial charge in [-0.25, -0.2) is 34.8 Å². The zero-order chi connectivity index (χ0) is 94.4. The molecule has 672 valence electrons. The number of nitrogens with zero attached hydrogens (tertiary/aromatic N) is 1. The molecular formula is C84H125N5O27S4. The molecule has 9 rings (SSSR count). The van der Waals surface area contributed by atoms with Crippen LogP contribution in [0.3, 0.4) is 0 Å². The van der Waals surface area contributed by atoms with Crippen LogP contribution < -0.4 is 64.7 Å². The quantitative estimate of drug-likeness (QED) is 0.0115. The smallest absolute Gasteiger partial charge is 0.349 e. The van der Waals surface area contributed by atoms with Crippen molar-refractivity contribution in [2.75, 3.05) is 108 Å². The maximum absolute atomic E-state index is 13.4. The van der Waals surface area contributed by atoms with E-state index in [-0.39, 0.29) is 175 Å². The van der Waals surface area contributed by atoms with Gasteiger partial charge in [-0.2, -0.15) is 13.5 Å². The van der Waals surface area contributed by atoms with E-state index in [0.717, 1.165) is 30.6 Å². The fraction of sp³-hybridized carbons (Fsp3) is 0.393. The van der Waals surface area contributed by atoms with Crippen LogP contribution in [-0.4, -0.2) is 192 Å². The molecule has 36 heteroatoms. The summed E-state index contributed by atoms with van der Waals surface area (Å²) in [5, 5.41) is 21.6. The number of ether oxygens (including phenoxy) is 10. The standard InChI is InChI=1S/C22H24N2O7S.2C12H19NO4S.C10H7NO4.C10H12O3.C9H10O3.C2H4O2.7CH4.H2S/c1-5-31-19-11-14(9-10-18(19)30-3)17(12-32(4,28)29)24-21(26)15-7-6-8-16(23-13(2)25)20(15)22(24)27;2*1-4-17-12-7-9(5-6-11(12)16-2)10(13)8-18(3,14)15;1-5(12)11-7-4-2-3-6-8(7)10(14)15-9(6)13;1-3-13-10-6-8(7-11)4-5-9(10)12-2;1-2-12-9-5-7(6-10)3-4-8(9)11;1-2(3)4;;;;;;;;/h6-11,17H,5,12H2,1-4H3,(H,23,25);2*5-7,10H,4,8,13H2,1-3H3;2-4H,1H3,(H,11,12);4-7H,3H2,1-2H3;3-6,11H,2H2,1H3;1H3,(H,3,4);7*1H4;1H2/t17-;10-;;;;;;;;;;;;;/m11............./s1/i3D3;2*2D3;;2D3;;;;;;;;;;. The third-order valence-corrected chi connectivity index (χ3v) is 17.1. The first kappa shape index (κ1) is 95.8. The van der Waals surface area contributed by atoms with E-state index in [0.29, 0.717) is 72.7 Å². The summed E-state index contributed by atoms with van der Waals surface area (Å²) in [5.74, 6) is -4.29. The Labute approximate surface area is 732 Å². The number of carbonyl (C=O) groups excluding carboxylic acids is 8. The van der Waals surface area contributed by atoms with Gasteiger partial charge in [-0.15, -0.1) is 0 Å². The van der Waals surface area contributed by atoms with Crippen LogP contribution in [0, 0.1) is 0 Å². The molecule has 7 aromatic rings. The zero-order valence-corrected chi connectivity index (χ0v) is 66.5. The number of nitrogens with two attached hydrogens (primary N) is 2. The molecule has 0 bridgehead atoms. The van der Waals surface area contributed by atoms with Crippen LogP contribution in [-0.2, 0) is 48.6 Å². The molecule has 2 aliphatic heterocycles. The third-order valence-electron chi connectivity index (χ3n) is 14.3. The minimum absolute atomic E-state index is 0. The number of hydrogen-bond donors (Lipinski definition) is 6. The van der Waals surface area contributed by atoms with Gasteiger partial charge >= 0.3 is 11.9 Å². The molecular weight excluding hydrogens is 1640 g/mol. The number of amides is 4. The van der Waals surface area contributed by atoms with Gasteiger partial charge in [-0.05, 0) is 148 Å². The lowest BCUT2D eigenvalue weighted by Crippen LogP contribution is -2.37. The topological polar surface area (TPSA) is 468 Å². The Hall–Kier alpha value is -11.3. The van der Waals surface area contributed by atoms with Crippen LogP contribution in [0.15, 0.2) is 127 Å². The highest BCUT2D eigenvalue weighted by Gasteiger charge is 2.44. The lowest BCUT2D eigenvalue weighted by Gasteiger charge is -2.27. The van der Waals surface area contributed by atoms with Crippen LogP contribution >= 0.6 is 13.5 Å². The average Bonchev–Trinajstić information content (AvgIpc) is 1.60. The summed E-state index contributed by atoms with van der Waals surface area (Å²) in [6, 6.07) is 27.9. The molecule has 32 nitrogen and oxygen atoms in total. The minimum Gasteiger partial charge on any atom is -0.504 e. The molecule has 120 heavy (non-hydrogen) atoms. The van der Waals surface area contributed by atoms with Gasteiger partial charge < -0.3 is 79.7 Å². The van der Waals surface area contributed by atoms with Gasteiger partial charge in [0.1, 0.15) is 42.1 Å². The van der Waals surface area contributed by atoms with Crippen molar-refractivity contribution < 1.29 is 142 Å². The van der Waals surface area contributed by atoms with E-state index in [1.807, 2.05) is 6.92 Å². The SMILES string of the molecule is C.C.C.C.C.C.C.CC(=O)Nc1cccc2c1C(=O)OC2=O.CC(=O)O.CCOc1cc(C=O)ccc1O.S.[2H]C([2H])([2H])Oc1ccc(C(N)CS(C)(=O)=O)cc1OCC.[2H]C([2H])([2H])Oc1ccc(C=O)cc1OCC.[2H]C([2H])([2H])Oc1ccc([C@@H](CS(C)(=O)=O)N2C(=O)c3cccc(NC(C)=O)c3C2=O)cc1OCC.[2H]C([2H])([2H])Oc1ccc([C@H](N)CS(C)(=O)=O)cc1OCC. The molecule has 0 aromatic heterocycles. The Morgan fingerprint density at radius 1 is 0.458 bits per heavy atom. The van der Waals surface area contributed by atoms with Gasteiger partial charge in [0.15, 0.2) is 57.5 Å². The Morgan fingerprint density at radius 2 is 0.783 bits per heavy atom. The minimum atomic E-state index is -3.71. The maximum atomic E-state index is 13.4. The van der Waals surface area contributed by atoms with Crippen LogP contribution in [0.5, 0.6) is 57.5 Å². The molecule has 7 aromatic carbocycles. The number of aliphatic carboxylic acids is 1. The Balaban J connectivity index is -0.000000365. The van der Waals surface area contributed by atoms with E-state index in [2.05, 4.69) is 15.4 Å². The number of phenolic OH excluding ortho intramolecular Hbond substituents is 1. The van der Waals surface area contributed by atoms with Crippen molar-refractivity contribution in [2.45, 2.75) is 126 Å². The van der Waals surface area contributed by atoms with Crippen molar-refractivity contribution >= 4 is 108 Å². The normalized spacial score (nSPS) is 13.5. The number of carbonyl (C=O) groups is 9. The number of carboxylic acid groups (broad SMARTS) is 1. The lowest BCUT2D eigenvalue weighted by molar-refractivity contribution is -0.134. The predicted molar refractivity (Wildman–Crippen MR) is 475 cm³/mol. The number of carboxylic acids is 1. The van der Waals surface area contributed by atoms with Crippen molar-refractivity contribution in [2.24, 2.45) is 11.5 Å². The van der Waals surface area contributed by atoms with Crippen LogP contribution in [0.1, 0.15) is 221 Å². The fourth-order valence-electron chi connectivity index (χ4n) is 9.88. The maximum Gasteiger partial charge on any atom is 0.349 e. The van der Waals surface area contributed by atoms with Crippen molar-refractivity contribution in [3.63, 3.8) is 0 Å². The van der Waals surface area contributed by atoms with Gasteiger partial charge in [-0.3, -0.25) is 38.5 Å². The highest BCUT2D eigenvalue weighted by atomic mass is 32.2. The molecule has 0 saturated carbocycles. The lowest BCUT2D eigenvalue weighted by atomic mass is 10.1. The van der Waals surface area contributed by atoms with Crippen LogP contribution in [0.4, 0.5) is 11.4 Å². The Morgan fingerprint density at radius 3 is 1.14 bits per heavy atom. The first-order valence-corrected chi connectivity index (χ1v) is 39.4. The molecule has 0 saturated heterocycles. The number of sulfone groups is 3. The predicted octanol–water partition coefficient (Wildman–Crippen LogP) is 13.8. The van der Waals surface area contributed by atoms with E-state index >= 15 is 0 Å². The zero-order valence-electron chi connectivity index (χ0n) is 75.1. The summed E-state index contributed by atoms with van der Waals surface area (Å²) in [6.45, 7) is 14.0. The van der Waals surface area contributed by atoms with Crippen LogP contribution in [0.25, 0.3) is 0 Å². The highest BCUT2D eigenvalue weighted by Crippen LogP contribution is 2.40. The molecule has 0 fully saturated rings. The number of cyclic esters (lactones) is 2. The van der Waals surface area contributed by atoms with E-state index in [1.165, 1.54) is 129 Å². The van der Waals surface area contributed by atoms with Gasteiger partial charge in [0.2, 0.25) is 11.8 Å². The summed E-state index contributed by atoms with van der Waals surface area (Å²) in [6.07, 6.45) is 4.53. The van der Waals surface area contributed by atoms with E-state index in [1.54, 1.807) is 39.8 Å². The van der Waals surface area contributed by atoms with E-state index in [4.69, 9.17) is 80.4 Å². The second-order valence-electron chi connectivity index (χ2n) is 23.4. The average molecular weight is 1780 g/mol. The summed E-state index contributed by atoms with van der Waals surface area (Å²) in [7, 11) is -20.6. The molecule has 3 atom stereocenters. The Bertz CT molecular complexity index is 5190.